The maximum absolute atomic E-state index is 12.5. The second-order valence-corrected chi connectivity index (χ2v) is 5.34. The van der Waals surface area contributed by atoms with Gasteiger partial charge >= 0.3 is 0 Å². The zero-order valence-corrected chi connectivity index (χ0v) is 12.0. The van der Waals surface area contributed by atoms with Crippen LogP contribution in [0.1, 0.15) is 12.2 Å². The molecule has 2 aromatic carbocycles. The summed E-state index contributed by atoms with van der Waals surface area (Å²) in [5, 5.41) is 3.96. The van der Waals surface area contributed by atoms with Crippen LogP contribution in [0.25, 0.3) is 16.5 Å². The predicted octanol–water partition coefficient (Wildman–Crippen LogP) is 3.25. The summed E-state index contributed by atoms with van der Waals surface area (Å²) in [6.07, 6.45) is 2.77. The van der Waals surface area contributed by atoms with E-state index in [0.717, 1.165) is 29.0 Å². The average molecular weight is 289 g/mol. The SMILES string of the molecule is O=c1c2ccccc2nc2n1CCC2=CNc1ccccc1. The summed E-state index contributed by atoms with van der Waals surface area (Å²) in [5.41, 5.74) is 2.89. The van der Waals surface area contributed by atoms with Crippen LogP contribution < -0.4 is 10.9 Å². The fraction of sp³-hybridized carbons (Fsp3) is 0.111. The number of hydrogen-bond acceptors (Lipinski definition) is 3. The highest BCUT2D eigenvalue weighted by Crippen LogP contribution is 2.25. The van der Waals surface area contributed by atoms with Crippen molar-refractivity contribution in [3.63, 3.8) is 0 Å². The predicted molar refractivity (Wildman–Crippen MR) is 88.7 cm³/mol. The van der Waals surface area contributed by atoms with Gasteiger partial charge < -0.3 is 5.32 Å². The Kier molecular flexibility index (Phi) is 3.00. The molecule has 22 heavy (non-hydrogen) atoms. The summed E-state index contributed by atoms with van der Waals surface area (Å²) >= 11 is 0. The number of allylic oxidation sites excluding steroid dienone is 1. The molecular weight excluding hydrogens is 274 g/mol. The molecule has 0 saturated carbocycles. The highest BCUT2D eigenvalue weighted by Gasteiger charge is 2.20. The van der Waals surface area contributed by atoms with Crippen LogP contribution in [0.4, 0.5) is 5.69 Å². The average Bonchev–Trinajstić information content (AvgIpc) is 2.97. The molecule has 3 aromatic rings. The van der Waals surface area contributed by atoms with Gasteiger partial charge in [-0.15, -0.1) is 0 Å². The van der Waals surface area contributed by atoms with Crippen LogP contribution in [0.3, 0.4) is 0 Å². The molecule has 0 radical (unpaired) electrons. The first-order chi connectivity index (χ1) is 10.8. The highest BCUT2D eigenvalue weighted by atomic mass is 16.1. The lowest BCUT2D eigenvalue weighted by atomic mass is 10.2. The Morgan fingerprint density at radius 1 is 1.05 bits per heavy atom. The Morgan fingerprint density at radius 3 is 2.68 bits per heavy atom. The number of rotatable bonds is 2. The van der Waals surface area contributed by atoms with Crippen molar-refractivity contribution < 1.29 is 0 Å². The molecule has 1 aromatic heterocycles. The van der Waals surface area contributed by atoms with Gasteiger partial charge in [0, 0.05) is 24.0 Å². The van der Waals surface area contributed by atoms with Crippen molar-refractivity contribution in [1.82, 2.24) is 9.55 Å². The fourth-order valence-corrected chi connectivity index (χ4v) is 2.81. The summed E-state index contributed by atoms with van der Waals surface area (Å²) in [6.45, 7) is 0.689. The lowest BCUT2D eigenvalue weighted by Crippen LogP contribution is -2.20. The number of para-hydroxylation sites is 2. The number of hydrogen-bond donors (Lipinski definition) is 1. The van der Waals surface area contributed by atoms with Crippen molar-refractivity contribution >= 4 is 22.2 Å². The van der Waals surface area contributed by atoms with Crippen molar-refractivity contribution in [3.8, 4) is 0 Å². The van der Waals surface area contributed by atoms with E-state index in [1.165, 1.54) is 0 Å². The van der Waals surface area contributed by atoms with Crippen molar-refractivity contribution in [2.75, 3.05) is 5.32 Å². The molecule has 0 spiro atoms. The smallest absolute Gasteiger partial charge is 0.261 e. The Balaban J connectivity index is 1.77. The van der Waals surface area contributed by atoms with Gasteiger partial charge in [0.05, 0.1) is 10.9 Å². The normalized spacial score (nSPS) is 15.2. The summed E-state index contributed by atoms with van der Waals surface area (Å²) < 4.78 is 1.76. The van der Waals surface area contributed by atoms with Crippen LogP contribution in [0.15, 0.2) is 65.6 Å². The summed E-state index contributed by atoms with van der Waals surface area (Å²) in [6, 6.07) is 17.5. The van der Waals surface area contributed by atoms with E-state index < -0.39 is 0 Å². The first kappa shape index (κ1) is 12.8. The third kappa shape index (κ3) is 2.09. The lowest BCUT2D eigenvalue weighted by Gasteiger charge is -2.06. The minimum absolute atomic E-state index is 0.0451. The highest BCUT2D eigenvalue weighted by molar-refractivity contribution is 5.80. The Bertz CT molecular complexity index is 926. The number of anilines is 1. The summed E-state index contributed by atoms with van der Waals surface area (Å²) in [4.78, 5) is 17.2. The summed E-state index contributed by atoms with van der Waals surface area (Å²) in [5.74, 6) is 0.770. The molecule has 4 rings (SSSR count). The maximum atomic E-state index is 12.5. The molecule has 4 nitrogen and oxygen atoms in total. The van der Waals surface area contributed by atoms with Crippen LogP contribution in [0.5, 0.6) is 0 Å². The van der Waals surface area contributed by atoms with Crippen molar-refractivity contribution in [3.05, 3.63) is 77.0 Å². The fourth-order valence-electron chi connectivity index (χ4n) is 2.81. The molecule has 0 unspecified atom stereocenters. The van der Waals surface area contributed by atoms with Gasteiger partial charge in [-0.2, -0.15) is 0 Å². The molecule has 0 saturated heterocycles. The molecule has 1 aliphatic heterocycles. The molecule has 1 aliphatic rings. The van der Waals surface area contributed by atoms with E-state index in [4.69, 9.17) is 0 Å². The van der Waals surface area contributed by atoms with Crippen molar-refractivity contribution in [1.29, 1.82) is 0 Å². The third-order valence-corrected chi connectivity index (χ3v) is 3.94. The molecule has 2 heterocycles. The zero-order chi connectivity index (χ0) is 14.9. The topological polar surface area (TPSA) is 46.9 Å². The largest absolute Gasteiger partial charge is 0.361 e. The van der Waals surface area contributed by atoms with Gasteiger partial charge in [-0.1, -0.05) is 30.3 Å². The monoisotopic (exact) mass is 289 g/mol. The number of aromatic nitrogens is 2. The summed E-state index contributed by atoms with van der Waals surface area (Å²) in [7, 11) is 0. The zero-order valence-electron chi connectivity index (χ0n) is 12.0. The van der Waals surface area contributed by atoms with E-state index in [1.54, 1.807) is 4.57 Å². The number of nitrogens with one attached hydrogen (secondary N) is 1. The lowest BCUT2D eigenvalue weighted by molar-refractivity contribution is 0.725. The third-order valence-electron chi connectivity index (χ3n) is 3.94. The molecule has 0 atom stereocenters. The first-order valence-corrected chi connectivity index (χ1v) is 7.33. The number of benzene rings is 2. The molecule has 4 heteroatoms. The Labute approximate surface area is 127 Å². The minimum Gasteiger partial charge on any atom is -0.361 e. The maximum Gasteiger partial charge on any atom is 0.261 e. The van der Waals surface area contributed by atoms with E-state index in [9.17, 15) is 4.79 Å². The van der Waals surface area contributed by atoms with Crippen LogP contribution in [-0.4, -0.2) is 9.55 Å². The second kappa shape index (κ2) is 5.15. The van der Waals surface area contributed by atoms with Crippen LogP contribution in [0, 0.1) is 0 Å². The van der Waals surface area contributed by atoms with Crippen LogP contribution in [-0.2, 0) is 6.54 Å². The van der Waals surface area contributed by atoms with E-state index in [0.29, 0.717) is 11.9 Å². The van der Waals surface area contributed by atoms with E-state index in [2.05, 4.69) is 10.3 Å². The molecule has 0 fully saturated rings. The first-order valence-electron chi connectivity index (χ1n) is 7.33. The van der Waals surface area contributed by atoms with E-state index in [-0.39, 0.29) is 5.56 Å². The van der Waals surface area contributed by atoms with Gasteiger partial charge in [0.15, 0.2) is 0 Å². The van der Waals surface area contributed by atoms with Gasteiger partial charge in [0.2, 0.25) is 0 Å². The molecule has 0 amide bonds. The molecular formula is C18H15N3O. The molecule has 0 bridgehead atoms. The van der Waals surface area contributed by atoms with Gasteiger partial charge in [0.25, 0.3) is 5.56 Å². The van der Waals surface area contributed by atoms with Crippen LogP contribution >= 0.6 is 0 Å². The van der Waals surface area contributed by atoms with Crippen molar-refractivity contribution in [2.24, 2.45) is 0 Å². The van der Waals surface area contributed by atoms with Gasteiger partial charge in [-0.25, -0.2) is 4.98 Å². The number of fused-ring (bicyclic) bond motifs is 2. The molecule has 1 N–H and O–H groups in total. The molecule has 108 valence electrons. The Morgan fingerprint density at radius 2 is 1.82 bits per heavy atom. The van der Waals surface area contributed by atoms with E-state index >= 15 is 0 Å². The number of nitrogens with zero attached hydrogens (tertiary/aromatic N) is 2. The minimum atomic E-state index is 0.0451. The van der Waals surface area contributed by atoms with Crippen LogP contribution in [0.2, 0.25) is 0 Å². The second-order valence-electron chi connectivity index (χ2n) is 5.34. The van der Waals surface area contributed by atoms with Gasteiger partial charge in [-0.3, -0.25) is 9.36 Å². The Hall–Kier alpha value is -2.88. The standard InChI is InChI=1S/C18H15N3O/c22-18-15-8-4-5-9-16(15)20-17-13(10-11-21(17)18)12-19-14-6-2-1-3-7-14/h1-9,12,19H,10-11H2. The van der Waals surface area contributed by atoms with Gasteiger partial charge in [0.1, 0.15) is 5.82 Å². The van der Waals surface area contributed by atoms with Gasteiger partial charge in [-0.05, 0) is 30.7 Å². The quantitative estimate of drug-likeness (QED) is 0.787. The van der Waals surface area contributed by atoms with Crippen molar-refractivity contribution in [2.45, 2.75) is 13.0 Å². The van der Waals surface area contributed by atoms with E-state index in [1.807, 2.05) is 60.8 Å². The molecule has 0 aliphatic carbocycles.